The van der Waals surface area contributed by atoms with E-state index in [0.29, 0.717) is 16.3 Å². The van der Waals surface area contributed by atoms with E-state index in [1.807, 2.05) is 0 Å². The number of rotatable bonds is 5. The second kappa shape index (κ2) is 6.27. The maximum Gasteiger partial charge on any atom is 0.354 e. The van der Waals surface area contributed by atoms with Crippen molar-refractivity contribution in [2.24, 2.45) is 0 Å². The third kappa shape index (κ3) is 3.14. The zero-order chi connectivity index (χ0) is 15.4. The molecule has 8 heteroatoms. The van der Waals surface area contributed by atoms with Gasteiger partial charge in [0.1, 0.15) is 5.75 Å². The predicted molar refractivity (Wildman–Crippen MR) is 74.7 cm³/mol. The van der Waals surface area contributed by atoms with E-state index in [-0.39, 0.29) is 17.9 Å². The monoisotopic (exact) mass is 309 g/mol. The van der Waals surface area contributed by atoms with Crippen molar-refractivity contribution >= 4 is 23.5 Å². The summed E-state index contributed by atoms with van der Waals surface area (Å²) in [6.07, 6.45) is 1.15. The average Bonchev–Trinajstić information content (AvgIpc) is 2.95. The van der Waals surface area contributed by atoms with Crippen LogP contribution in [0.3, 0.4) is 0 Å². The minimum Gasteiger partial charge on any atom is -0.496 e. The number of nitrogens with one attached hydrogen (secondary N) is 2. The molecule has 0 bridgehead atoms. The van der Waals surface area contributed by atoms with E-state index in [1.54, 1.807) is 18.2 Å². The molecule has 3 N–H and O–H groups in total. The fourth-order valence-electron chi connectivity index (χ4n) is 1.78. The van der Waals surface area contributed by atoms with E-state index in [2.05, 4.69) is 15.3 Å². The van der Waals surface area contributed by atoms with E-state index in [1.165, 1.54) is 7.11 Å². The minimum atomic E-state index is -1.26. The molecule has 0 aliphatic carbocycles. The van der Waals surface area contributed by atoms with Crippen LogP contribution in [-0.4, -0.2) is 34.1 Å². The van der Waals surface area contributed by atoms with Crippen LogP contribution in [0.2, 0.25) is 5.02 Å². The highest BCUT2D eigenvalue weighted by molar-refractivity contribution is 6.31. The number of halogens is 1. The van der Waals surface area contributed by atoms with Crippen molar-refractivity contribution in [1.29, 1.82) is 0 Å². The van der Waals surface area contributed by atoms with Crippen LogP contribution < -0.4 is 10.1 Å². The molecule has 0 saturated heterocycles. The van der Waals surface area contributed by atoms with Crippen LogP contribution in [0, 0.1) is 0 Å². The number of aromatic nitrogens is 2. The van der Waals surface area contributed by atoms with Gasteiger partial charge >= 0.3 is 5.97 Å². The summed E-state index contributed by atoms with van der Waals surface area (Å²) in [6, 6.07) is 5.11. The normalized spacial score (nSPS) is 10.2. The van der Waals surface area contributed by atoms with Crippen molar-refractivity contribution in [2.45, 2.75) is 6.54 Å². The van der Waals surface area contributed by atoms with E-state index >= 15 is 0 Å². The van der Waals surface area contributed by atoms with Gasteiger partial charge in [-0.05, 0) is 12.1 Å². The number of hydrogen-bond donors (Lipinski definition) is 3. The smallest absolute Gasteiger partial charge is 0.354 e. The number of carbonyl (C=O) groups is 2. The third-order valence-electron chi connectivity index (χ3n) is 2.79. The van der Waals surface area contributed by atoms with Crippen LogP contribution in [-0.2, 0) is 6.54 Å². The second-order valence-electron chi connectivity index (χ2n) is 4.03. The Balaban J connectivity index is 2.15. The quantitative estimate of drug-likeness (QED) is 0.779. The molecule has 1 aromatic heterocycles. The number of carboxylic acids is 1. The Bertz CT molecular complexity index is 684. The lowest BCUT2D eigenvalue weighted by Gasteiger charge is -2.11. The first kappa shape index (κ1) is 14.9. The molecular formula is C13H12ClN3O4. The Morgan fingerprint density at radius 3 is 2.90 bits per heavy atom. The number of imidazole rings is 1. The van der Waals surface area contributed by atoms with Gasteiger partial charge < -0.3 is 20.1 Å². The van der Waals surface area contributed by atoms with Gasteiger partial charge in [0.15, 0.2) is 11.4 Å². The van der Waals surface area contributed by atoms with Crippen LogP contribution in [0.5, 0.6) is 5.75 Å². The molecule has 0 atom stereocenters. The molecule has 21 heavy (non-hydrogen) atoms. The van der Waals surface area contributed by atoms with Crippen molar-refractivity contribution < 1.29 is 19.4 Å². The molecule has 0 saturated carbocycles. The Hall–Kier alpha value is -2.54. The molecule has 0 fully saturated rings. The molecular weight excluding hydrogens is 298 g/mol. The number of carbonyl (C=O) groups excluding carboxylic acids is 1. The van der Waals surface area contributed by atoms with Crippen LogP contribution in [0.25, 0.3) is 0 Å². The molecule has 2 rings (SSSR count). The van der Waals surface area contributed by atoms with Crippen molar-refractivity contribution in [3.63, 3.8) is 0 Å². The number of methoxy groups -OCH3 is 1. The molecule has 0 aliphatic heterocycles. The summed E-state index contributed by atoms with van der Waals surface area (Å²) in [4.78, 5) is 29.0. The Labute approximate surface area is 124 Å². The van der Waals surface area contributed by atoms with Crippen molar-refractivity contribution in [2.75, 3.05) is 7.11 Å². The molecule has 0 spiro atoms. The van der Waals surface area contributed by atoms with E-state index < -0.39 is 11.9 Å². The van der Waals surface area contributed by atoms with E-state index in [9.17, 15) is 9.59 Å². The van der Waals surface area contributed by atoms with E-state index in [4.69, 9.17) is 21.4 Å². The molecule has 0 aliphatic rings. The first-order chi connectivity index (χ1) is 10.0. The van der Waals surface area contributed by atoms with Gasteiger partial charge in [-0.25, -0.2) is 9.78 Å². The molecule has 1 aromatic carbocycles. The zero-order valence-corrected chi connectivity index (χ0v) is 11.8. The van der Waals surface area contributed by atoms with Gasteiger partial charge in [-0.15, -0.1) is 0 Å². The average molecular weight is 310 g/mol. The van der Waals surface area contributed by atoms with Gasteiger partial charge in [0, 0.05) is 17.1 Å². The molecule has 0 radical (unpaired) electrons. The lowest BCUT2D eigenvalue weighted by atomic mass is 10.2. The summed E-state index contributed by atoms with van der Waals surface area (Å²) < 4.78 is 5.16. The number of aromatic amines is 1. The number of aromatic carboxylic acids is 1. The minimum absolute atomic E-state index is 0.0909. The van der Waals surface area contributed by atoms with Crippen LogP contribution in [0.4, 0.5) is 0 Å². The topological polar surface area (TPSA) is 104 Å². The Morgan fingerprint density at radius 1 is 1.48 bits per heavy atom. The van der Waals surface area contributed by atoms with Crippen molar-refractivity contribution in [3.8, 4) is 5.75 Å². The van der Waals surface area contributed by atoms with Gasteiger partial charge in [-0.1, -0.05) is 17.7 Å². The fraction of sp³-hybridized carbons (Fsp3) is 0.154. The van der Waals surface area contributed by atoms with Gasteiger partial charge in [0.2, 0.25) is 0 Å². The fourth-order valence-corrected chi connectivity index (χ4v) is 2.02. The van der Waals surface area contributed by atoms with Gasteiger partial charge in [-0.3, -0.25) is 4.79 Å². The zero-order valence-electron chi connectivity index (χ0n) is 11.0. The first-order valence-corrected chi connectivity index (χ1v) is 6.28. The molecule has 1 heterocycles. The highest BCUT2D eigenvalue weighted by Crippen LogP contribution is 2.25. The summed E-state index contributed by atoms with van der Waals surface area (Å²) >= 11 is 6.05. The van der Waals surface area contributed by atoms with Crippen LogP contribution in [0.1, 0.15) is 26.5 Å². The van der Waals surface area contributed by atoms with Gasteiger partial charge in [0.25, 0.3) is 5.91 Å². The number of ether oxygens (including phenoxy) is 1. The highest BCUT2D eigenvalue weighted by atomic mass is 35.5. The Kier molecular flexibility index (Phi) is 4.44. The summed E-state index contributed by atoms with van der Waals surface area (Å²) in [5, 5.41) is 11.9. The molecule has 0 unspecified atom stereocenters. The lowest BCUT2D eigenvalue weighted by molar-refractivity contribution is 0.0685. The number of nitrogens with zero attached hydrogens (tertiary/aromatic N) is 1. The number of hydrogen-bond acceptors (Lipinski definition) is 4. The highest BCUT2D eigenvalue weighted by Gasteiger charge is 2.20. The van der Waals surface area contributed by atoms with Crippen molar-refractivity contribution in [3.05, 3.63) is 46.5 Å². The summed E-state index contributed by atoms with van der Waals surface area (Å²) in [5.41, 5.74) is 0.148. The standard InChI is InChI=1S/C13H12ClN3O4/c1-21-9-4-2-3-8(14)7(9)5-15-12(18)10-11(13(19)20)17-6-16-10/h2-4,6H,5H2,1H3,(H,15,18)(H,16,17)(H,19,20). The maximum atomic E-state index is 12.0. The number of amides is 1. The lowest BCUT2D eigenvalue weighted by Crippen LogP contribution is -2.25. The number of carboxylic acid groups (broad SMARTS) is 1. The summed E-state index contributed by atoms with van der Waals surface area (Å²) in [7, 11) is 1.49. The summed E-state index contributed by atoms with van der Waals surface area (Å²) in [6.45, 7) is 0.0909. The van der Waals surface area contributed by atoms with Crippen molar-refractivity contribution in [1.82, 2.24) is 15.3 Å². The second-order valence-corrected chi connectivity index (χ2v) is 4.44. The molecule has 110 valence electrons. The SMILES string of the molecule is COc1cccc(Cl)c1CNC(=O)c1nc[nH]c1C(=O)O. The van der Waals surface area contributed by atoms with Crippen LogP contribution in [0.15, 0.2) is 24.5 Å². The first-order valence-electron chi connectivity index (χ1n) is 5.90. The molecule has 2 aromatic rings. The van der Waals surface area contributed by atoms with Crippen LogP contribution >= 0.6 is 11.6 Å². The van der Waals surface area contributed by atoms with Gasteiger partial charge in [0.05, 0.1) is 13.4 Å². The molecule has 1 amide bonds. The predicted octanol–water partition coefficient (Wildman–Crippen LogP) is 1.70. The summed E-state index contributed by atoms with van der Waals surface area (Å²) in [5.74, 6) is -1.34. The van der Waals surface area contributed by atoms with E-state index in [0.717, 1.165) is 6.33 Å². The number of benzene rings is 1. The maximum absolute atomic E-state index is 12.0. The number of H-pyrrole nitrogens is 1. The third-order valence-corrected chi connectivity index (χ3v) is 3.14. The Morgan fingerprint density at radius 2 is 2.24 bits per heavy atom. The largest absolute Gasteiger partial charge is 0.496 e. The van der Waals surface area contributed by atoms with Gasteiger partial charge in [-0.2, -0.15) is 0 Å². The molecule has 7 nitrogen and oxygen atoms in total.